The fourth-order valence-electron chi connectivity index (χ4n) is 4.23. The molecule has 2 aromatic heterocycles. The summed E-state index contributed by atoms with van der Waals surface area (Å²) in [4.78, 5) is 23.2. The maximum Gasteiger partial charge on any atom is 0.242 e. The van der Waals surface area contributed by atoms with E-state index >= 15 is 4.39 Å². The van der Waals surface area contributed by atoms with Gasteiger partial charge in [-0.05, 0) is 56.7 Å². The molecule has 0 bridgehead atoms. The molecule has 5 rings (SSSR count). The predicted octanol–water partition coefficient (Wildman–Crippen LogP) is 3.52. The van der Waals surface area contributed by atoms with Gasteiger partial charge in [0.2, 0.25) is 17.6 Å². The van der Waals surface area contributed by atoms with Crippen molar-refractivity contribution in [3.05, 3.63) is 48.6 Å². The monoisotopic (exact) mass is 438 g/mol. The normalized spacial score (nSPS) is 18.7. The molecule has 1 saturated heterocycles. The molecule has 168 valence electrons. The third-order valence-electron chi connectivity index (χ3n) is 6.14. The number of halogens is 1. The van der Waals surface area contributed by atoms with Crippen LogP contribution in [0.1, 0.15) is 50.3 Å². The molecule has 1 aromatic carbocycles. The van der Waals surface area contributed by atoms with Gasteiger partial charge >= 0.3 is 0 Å². The Hall–Kier alpha value is -3.23. The zero-order valence-corrected chi connectivity index (χ0v) is 17.9. The van der Waals surface area contributed by atoms with Crippen molar-refractivity contribution in [3.8, 4) is 11.4 Å². The number of nitrogens with one attached hydrogen (secondary N) is 1. The summed E-state index contributed by atoms with van der Waals surface area (Å²) in [6.07, 6.45) is 10.9. The quantitative estimate of drug-likeness (QED) is 0.542. The third-order valence-corrected chi connectivity index (χ3v) is 6.14. The van der Waals surface area contributed by atoms with Crippen LogP contribution in [0, 0.1) is 5.82 Å². The Balaban J connectivity index is 1.24. The highest BCUT2D eigenvalue weighted by Gasteiger charge is 2.31. The van der Waals surface area contributed by atoms with Crippen LogP contribution in [0.25, 0.3) is 11.4 Å². The summed E-state index contributed by atoms with van der Waals surface area (Å²) in [5.74, 6) is 0.965. The molecule has 2 aliphatic rings. The fourth-order valence-corrected chi connectivity index (χ4v) is 4.23. The first kappa shape index (κ1) is 20.7. The van der Waals surface area contributed by atoms with Crippen molar-refractivity contribution in [2.75, 3.05) is 18.0 Å². The van der Waals surface area contributed by atoms with Crippen LogP contribution in [-0.2, 0) is 11.3 Å². The Kier molecular flexibility index (Phi) is 5.87. The minimum absolute atomic E-state index is 0.0500. The van der Waals surface area contributed by atoms with Crippen molar-refractivity contribution >= 4 is 11.6 Å². The average Bonchev–Trinajstić information content (AvgIpc) is 3.31. The first-order valence-corrected chi connectivity index (χ1v) is 11.3. The lowest BCUT2D eigenvalue weighted by atomic mass is 9.99. The van der Waals surface area contributed by atoms with Crippen molar-refractivity contribution in [1.29, 1.82) is 0 Å². The number of hydrogen-bond donors (Lipinski definition) is 1. The summed E-state index contributed by atoms with van der Waals surface area (Å²) in [7, 11) is 0. The molecule has 0 radical (unpaired) electrons. The van der Waals surface area contributed by atoms with E-state index in [4.69, 9.17) is 4.52 Å². The number of aryl methyl sites for hydroxylation is 1. The van der Waals surface area contributed by atoms with Crippen molar-refractivity contribution < 1.29 is 13.7 Å². The van der Waals surface area contributed by atoms with E-state index in [0.717, 1.165) is 38.6 Å². The summed E-state index contributed by atoms with van der Waals surface area (Å²) in [5.41, 5.74) is 1.03. The number of carbonyl (C=O) groups excluding carboxylic acids is 1. The van der Waals surface area contributed by atoms with Gasteiger partial charge in [-0.2, -0.15) is 4.98 Å². The lowest BCUT2D eigenvalue weighted by Gasteiger charge is -2.36. The van der Waals surface area contributed by atoms with Crippen LogP contribution >= 0.6 is 0 Å². The van der Waals surface area contributed by atoms with Crippen LogP contribution in [0.15, 0.2) is 41.4 Å². The van der Waals surface area contributed by atoms with Gasteiger partial charge in [0.05, 0.1) is 12.0 Å². The van der Waals surface area contributed by atoms with Gasteiger partial charge < -0.3 is 19.3 Å². The van der Waals surface area contributed by atoms with Crippen molar-refractivity contribution in [2.45, 2.75) is 57.0 Å². The van der Waals surface area contributed by atoms with E-state index in [2.05, 4.69) is 20.4 Å². The van der Waals surface area contributed by atoms with Crippen molar-refractivity contribution in [3.63, 3.8) is 0 Å². The molecular weight excluding hydrogens is 411 g/mol. The Morgan fingerprint density at radius 1 is 1.25 bits per heavy atom. The number of rotatable bonds is 8. The Bertz CT molecular complexity index is 1060. The first-order valence-electron chi connectivity index (χ1n) is 11.3. The SMILES string of the molecule is O=C(NCCCn1ccnc1)C1CCCCN1c1ccc(-c2noc(C3CC3)n2)cc1F. The lowest BCUT2D eigenvalue weighted by Crippen LogP contribution is -2.50. The first-order chi connectivity index (χ1) is 15.7. The summed E-state index contributed by atoms with van der Waals surface area (Å²) in [6.45, 7) is 2.02. The van der Waals surface area contributed by atoms with Gasteiger partial charge in [0.25, 0.3) is 0 Å². The van der Waals surface area contributed by atoms with Gasteiger partial charge in [-0.25, -0.2) is 9.37 Å². The molecule has 1 aliphatic heterocycles. The summed E-state index contributed by atoms with van der Waals surface area (Å²) < 4.78 is 22.4. The molecule has 1 saturated carbocycles. The molecule has 3 heterocycles. The summed E-state index contributed by atoms with van der Waals surface area (Å²) in [5, 5.41) is 7.02. The smallest absolute Gasteiger partial charge is 0.242 e. The van der Waals surface area contributed by atoms with Crippen LogP contribution < -0.4 is 10.2 Å². The van der Waals surface area contributed by atoms with E-state index in [1.807, 2.05) is 15.7 Å². The van der Waals surface area contributed by atoms with Crippen molar-refractivity contribution in [2.24, 2.45) is 0 Å². The van der Waals surface area contributed by atoms with Crippen LogP contribution in [0.5, 0.6) is 0 Å². The highest BCUT2D eigenvalue weighted by Crippen LogP contribution is 2.39. The van der Waals surface area contributed by atoms with Gasteiger partial charge in [-0.3, -0.25) is 4.79 Å². The Morgan fingerprint density at radius 2 is 2.16 bits per heavy atom. The molecule has 2 fully saturated rings. The third kappa shape index (κ3) is 4.51. The second kappa shape index (κ2) is 9.10. The number of piperidine rings is 1. The summed E-state index contributed by atoms with van der Waals surface area (Å²) in [6, 6.07) is 4.59. The van der Waals surface area contributed by atoms with E-state index in [1.54, 1.807) is 24.7 Å². The lowest BCUT2D eigenvalue weighted by molar-refractivity contribution is -0.122. The largest absolute Gasteiger partial charge is 0.357 e. The van der Waals surface area contributed by atoms with Gasteiger partial charge in [0, 0.05) is 43.5 Å². The Labute approximate surface area is 185 Å². The van der Waals surface area contributed by atoms with Crippen LogP contribution in [0.3, 0.4) is 0 Å². The van der Waals surface area contributed by atoms with Crippen LogP contribution in [-0.4, -0.2) is 44.7 Å². The van der Waals surface area contributed by atoms with Gasteiger partial charge in [0.15, 0.2) is 0 Å². The molecule has 1 atom stereocenters. The summed E-state index contributed by atoms with van der Waals surface area (Å²) >= 11 is 0. The van der Waals surface area contributed by atoms with E-state index in [1.165, 1.54) is 6.07 Å². The van der Waals surface area contributed by atoms with Crippen LogP contribution in [0.2, 0.25) is 0 Å². The molecule has 1 unspecified atom stereocenters. The second-order valence-electron chi connectivity index (χ2n) is 8.55. The molecule has 32 heavy (non-hydrogen) atoms. The number of imidazole rings is 1. The molecule has 1 N–H and O–H groups in total. The van der Waals surface area contributed by atoms with Crippen molar-refractivity contribution in [1.82, 2.24) is 25.0 Å². The highest BCUT2D eigenvalue weighted by molar-refractivity contribution is 5.85. The maximum absolute atomic E-state index is 15.1. The van der Waals surface area contributed by atoms with Gasteiger partial charge in [0.1, 0.15) is 11.9 Å². The standard InChI is InChI=1S/C23H27FN6O2/c24-18-14-17(21-27-23(32-28-21)16-5-6-16)7-8-19(18)30-12-2-1-4-20(30)22(31)26-9-3-11-29-13-10-25-15-29/h7-8,10,13-16,20H,1-6,9,11-12H2,(H,26,31). The van der Waals surface area contributed by atoms with E-state index in [0.29, 0.717) is 48.4 Å². The maximum atomic E-state index is 15.1. The zero-order valence-electron chi connectivity index (χ0n) is 17.9. The predicted molar refractivity (Wildman–Crippen MR) is 117 cm³/mol. The second-order valence-corrected chi connectivity index (χ2v) is 8.55. The minimum atomic E-state index is -0.375. The van der Waals surface area contributed by atoms with E-state index < -0.39 is 0 Å². The molecule has 9 heteroatoms. The number of carbonyl (C=O) groups is 1. The number of benzene rings is 1. The number of anilines is 1. The number of amides is 1. The van der Waals surface area contributed by atoms with E-state index in [9.17, 15) is 4.79 Å². The molecule has 0 spiro atoms. The molecule has 1 aliphatic carbocycles. The highest BCUT2D eigenvalue weighted by atomic mass is 19.1. The Morgan fingerprint density at radius 3 is 2.94 bits per heavy atom. The van der Waals surface area contributed by atoms with E-state index in [-0.39, 0.29) is 17.8 Å². The number of aromatic nitrogens is 4. The van der Waals surface area contributed by atoms with Crippen LogP contribution in [0.4, 0.5) is 10.1 Å². The zero-order chi connectivity index (χ0) is 21.9. The molecule has 1 amide bonds. The molecular formula is C23H27FN6O2. The number of hydrogen-bond acceptors (Lipinski definition) is 6. The molecule has 3 aromatic rings. The number of nitrogens with zero attached hydrogens (tertiary/aromatic N) is 5. The minimum Gasteiger partial charge on any atom is -0.357 e. The van der Waals surface area contributed by atoms with Gasteiger partial charge in [-0.1, -0.05) is 5.16 Å². The average molecular weight is 439 g/mol. The fraction of sp³-hybridized carbons (Fsp3) is 0.478. The topological polar surface area (TPSA) is 89.1 Å². The molecule has 8 nitrogen and oxygen atoms in total. The van der Waals surface area contributed by atoms with Gasteiger partial charge in [-0.15, -0.1) is 0 Å².